The zero-order chi connectivity index (χ0) is 22.1. The second kappa shape index (κ2) is 8.44. The van der Waals surface area contributed by atoms with E-state index >= 15 is 0 Å². The molecule has 10 heteroatoms. The number of hydrogen-bond donors (Lipinski definition) is 1. The molecule has 1 atom stereocenters. The van der Waals surface area contributed by atoms with E-state index < -0.39 is 10.0 Å². The first-order chi connectivity index (χ1) is 15.6. The number of anilines is 2. The number of carbonyl (C=O) groups is 1. The van der Waals surface area contributed by atoms with Crippen LogP contribution in [0.3, 0.4) is 0 Å². The summed E-state index contributed by atoms with van der Waals surface area (Å²) in [5.74, 6) is 0. The summed E-state index contributed by atoms with van der Waals surface area (Å²) in [4.78, 5) is 19.5. The third-order valence-electron chi connectivity index (χ3n) is 6.10. The van der Waals surface area contributed by atoms with Crippen molar-refractivity contribution in [3.05, 3.63) is 48.8 Å². The van der Waals surface area contributed by atoms with Gasteiger partial charge in [0.05, 0.1) is 22.6 Å². The summed E-state index contributed by atoms with van der Waals surface area (Å²) >= 11 is 0. The van der Waals surface area contributed by atoms with Crippen LogP contribution in [0.5, 0.6) is 0 Å². The fourth-order valence-electron chi connectivity index (χ4n) is 4.46. The number of rotatable bonds is 6. The van der Waals surface area contributed by atoms with Crippen molar-refractivity contribution >= 4 is 38.9 Å². The van der Waals surface area contributed by atoms with Crippen LogP contribution in [0.1, 0.15) is 6.42 Å². The van der Waals surface area contributed by atoms with E-state index in [-0.39, 0.29) is 11.0 Å². The molecule has 4 heterocycles. The van der Waals surface area contributed by atoms with E-state index in [1.807, 2.05) is 11.0 Å². The predicted octanol–water partition coefficient (Wildman–Crippen LogP) is 1.43. The lowest BCUT2D eigenvalue weighted by atomic mass is 10.3. The van der Waals surface area contributed by atoms with Crippen LogP contribution < -0.4 is 15.1 Å². The molecular weight excluding hydrogens is 430 g/mol. The molecule has 1 aromatic carbocycles. The number of fused-ring (bicyclic) bond motifs is 1. The molecule has 32 heavy (non-hydrogen) atoms. The van der Waals surface area contributed by atoms with Gasteiger partial charge in [0.15, 0.2) is 0 Å². The Morgan fingerprint density at radius 2 is 1.94 bits per heavy atom. The van der Waals surface area contributed by atoms with E-state index in [2.05, 4.69) is 15.2 Å². The van der Waals surface area contributed by atoms with Gasteiger partial charge >= 0.3 is 0 Å². The molecule has 0 aliphatic carbocycles. The van der Waals surface area contributed by atoms with Crippen LogP contribution in [0.4, 0.5) is 11.4 Å². The molecule has 2 aliphatic heterocycles. The molecular formula is C22H25N5O4S. The third-order valence-corrected chi connectivity index (χ3v) is 7.77. The van der Waals surface area contributed by atoms with Crippen LogP contribution in [-0.2, 0) is 19.6 Å². The molecule has 2 aliphatic rings. The second-order valence-corrected chi connectivity index (χ2v) is 9.82. The molecule has 9 nitrogen and oxygen atoms in total. The monoisotopic (exact) mass is 455 g/mol. The van der Waals surface area contributed by atoms with Crippen LogP contribution in [0.2, 0.25) is 0 Å². The third kappa shape index (κ3) is 3.69. The van der Waals surface area contributed by atoms with Crippen LogP contribution in [0.15, 0.2) is 53.7 Å². The summed E-state index contributed by atoms with van der Waals surface area (Å²) in [6, 6.07) is 10.5. The van der Waals surface area contributed by atoms with Crippen molar-refractivity contribution in [2.75, 3.05) is 49.1 Å². The lowest BCUT2D eigenvalue weighted by molar-refractivity contribution is -0.132. The maximum Gasteiger partial charge on any atom is 0.293 e. The Bertz CT molecular complexity index is 1240. The molecule has 0 spiro atoms. The zero-order valence-corrected chi connectivity index (χ0v) is 18.4. The summed E-state index contributed by atoms with van der Waals surface area (Å²) < 4.78 is 33.8. The fraction of sp³-hybridized carbons (Fsp3) is 0.364. The van der Waals surface area contributed by atoms with E-state index in [0.29, 0.717) is 30.6 Å². The van der Waals surface area contributed by atoms with Crippen LogP contribution in [0, 0.1) is 0 Å². The largest absolute Gasteiger partial charge is 0.463 e. The number of nitrogens with one attached hydrogen (secondary N) is 1. The first-order valence-electron chi connectivity index (χ1n) is 10.7. The topological polar surface area (TPSA) is 96.8 Å². The van der Waals surface area contributed by atoms with E-state index in [1.54, 1.807) is 42.7 Å². The minimum absolute atomic E-state index is 0.172. The van der Waals surface area contributed by atoms with E-state index in [4.69, 9.17) is 4.74 Å². The summed E-state index contributed by atoms with van der Waals surface area (Å²) in [5, 5.41) is 3.32. The standard InChI is InChI=1S/C22H25N5O4S/c28-16-31-18-6-10-26(14-18)17-3-1-4-19(13-17)32(29,30)27-15-21(25-11-8-23-9-12-25)22-20(27)5-2-7-24-22/h1-5,7,13,15-16,18,23H,6,8-12,14H2/t18-/m0/s1. The van der Waals surface area contributed by atoms with E-state index in [0.717, 1.165) is 44.0 Å². The van der Waals surface area contributed by atoms with Gasteiger partial charge in [0, 0.05) is 57.2 Å². The normalized spacial score (nSPS) is 19.4. The molecule has 2 saturated heterocycles. The van der Waals surface area contributed by atoms with Gasteiger partial charge in [-0.25, -0.2) is 12.4 Å². The van der Waals surface area contributed by atoms with Crippen molar-refractivity contribution in [1.29, 1.82) is 0 Å². The Kier molecular flexibility index (Phi) is 5.48. The summed E-state index contributed by atoms with van der Waals surface area (Å²) in [6.45, 7) is 5.00. The molecule has 2 fully saturated rings. The molecule has 0 radical (unpaired) electrons. The molecule has 0 saturated carbocycles. The summed E-state index contributed by atoms with van der Waals surface area (Å²) in [5.41, 5.74) is 2.87. The van der Waals surface area contributed by atoms with Crippen LogP contribution in [0.25, 0.3) is 11.0 Å². The van der Waals surface area contributed by atoms with Gasteiger partial charge in [-0.3, -0.25) is 9.78 Å². The van der Waals surface area contributed by atoms with E-state index in [9.17, 15) is 13.2 Å². The number of hydrogen-bond acceptors (Lipinski definition) is 8. The van der Waals surface area contributed by atoms with Gasteiger partial charge in [-0.2, -0.15) is 0 Å². The number of ether oxygens (including phenoxy) is 1. The van der Waals surface area contributed by atoms with Crippen molar-refractivity contribution < 1.29 is 17.9 Å². The molecule has 0 unspecified atom stereocenters. The average Bonchev–Trinajstić information content (AvgIpc) is 3.45. The highest BCUT2D eigenvalue weighted by Gasteiger charge is 2.27. The summed E-state index contributed by atoms with van der Waals surface area (Å²) in [7, 11) is -3.84. The minimum Gasteiger partial charge on any atom is -0.463 e. The van der Waals surface area contributed by atoms with Crippen LogP contribution >= 0.6 is 0 Å². The maximum absolute atomic E-state index is 13.7. The quantitative estimate of drug-likeness (QED) is 0.558. The predicted molar refractivity (Wildman–Crippen MR) is 122 cm³/mol. The Balaban J connectivity index is 1.52. The van der Waals surface area contributed by atoms with E-state index in [1.165, 1.54) is 3.97 Å². The fourth-order valence-corrected chi connectivity index (χ4v) is 5.85. The molecule has 0 bridgehead atoms. The highest BCUT2D eigenvalue weighted by molar-refractivity contribution is 7.90. The average molecular weight is 456 g/mol. The number of nitrogens with zero attached hydrogens (tertiary/aromatic N) is 4. The number of carbonyl (C=O) groups excluding carboxylic acids is 1. The SMILES string of the molecule is O=CO[C@H]1CCN(c2cccc(S(=O)(=O)n3cc(N4CCNCC4)c4ncccc43)c2)C1. The Morgan fingerprint density at radius 1 is 1.09 bits per heavy atom. The lowest BCUT2D eigenvalue weighted by Crippen LogP contribution is -2.43. The van der Waals surface area contributed by atoms with Gasteiger partial charge in [0.25, 0.3) is 16.5 Å². The molecule has 3 aromatic rings. The van der Waals surface area contributed by atoms with Gasteiger partial charge in [0.1, 0.15) is 11.6 Å². The number of aromatic nitrogens is 2. The van der Waals surface area contributed by atoms with Crippen molar-refractivity contribution in [2.24, 2.45) is 0 Å². The van der Waals surface area contributed by atoms with Crippen molar-refractivity contribution in [2.45, 2.75) is 17.4 Å². The molecule has 168 valence electrons. The molecule has 2 aromatic heterocycles. The summed E-state index contributed by atoms with van der Waals surface area (Å²) in [6.07, 6.45) is 3.93. The van der Waals surface area contributed by atoms with Crippen molar-refractivity contribution in [3.8, 4) is 0 Å². The Morgan fingerprint density at radius 3 is 2.75 bits per heavy atom. The van der Waals surface area contributed by atoms with Gasteiger partial charge in [-0.15, -0.1) is 0 Å². The van der Waals surface area contributed by atoms with Crippen molar-refractivity contribution in [1.82, 2.24) is 14.3 Å². The second-order valence-electron chi connectivity index (χ2n) is 8.01. The van der Waals surface area contributed by atoms with Gasteiger partial charge < -0.3 is 19.9 Å². The van der Waals surface area contributed by atoms with Gasteiger partial charge in [-0.05, 0) is 30.3 Å². The van der Waals surface area contributed by atoms with Crippen molar-refractivity contribution in [3.63, 3.8) is 0 Å². The highest BCUT2D eigenvalue weighted by Crippen LogP contribution is 2.32. The first-order valence-corrected chi connectivity index (χ1v) is 12.1. The maximum atomic E-state index is 13.7. The number of benzene rings is 1. The number of piperazine rings is 1. The molecule has 5 rings (SSSR count). The van der Waals surface area contributed by atoms with Crippen LogP contribution in [-0.4, -0.2) is 69.2 Å². The van der Waals surface area contributed by atoms with Gasteiger partial charge in [0.2, 0.25) is 0 Å². The Hall–Kier alpha value is -3.11. The molecule has 1 N–H and O–H groups in total. The zero-order valence-electron chi connectivity index (χ0n) is 17.6. The highest BCUT2D eigenvalue weighted by atomic mass is 32.2. The van der Waals surface area contributed by atoms with Gasteiger partial charge in [-0.1, -0.05) is 6.07 Å². The first kappa shape index (κ1) is 20.8. The number of pyridine rings is 1. The smallest absolute Gasteiger partial charge is 0.293 e. The Labute approximate surface area is 186 Å². The lowest BCUT2D eigenvalue weighted by Gasteiger charge is -2.28. The minimum atomic E-state index is -3.84. The molecule has 0 amide bonds.